The summed E-state index contributed by atoms with van der Waals surface area (Å²) >= 11 is 0. The van der Waals surface area contributed by atoms with Crippen molar-refractivity contribution >= 4 is 27.8 Å². The molecular formula is C15H8F3NO2. The molecule has 3 nitrogen and oxygen atoms in total. The van der Waals surface area contributed by atoms with Crippen molar-refractivity contribution in [2.75, 3.05) is 0 Å². The maximum absolute atomic E-state index is 13.0. The van der Waals surface area contributed by atoms with Crippen molar-refractivity contribution in [2.45, 2.75) is 6.18 Å². The van der Waals surface area contributed by atoms with Gasteiger partial charge in [0, 0.05) is 10.8 Å². The molecule has 0 bridgehead atoms. The Bertz CT molecular complexity index is 872. The van der Waals surface area contributed by atoms with E-state index in [9.17, 15) is 18.0 Å². The zero-order valence-electron chi connectivity index (χ0n) is 10.5. The Morgan fingerprint density at radius 2 is 1.62 bits per heavy atom. The van der Waals surface area contributed by atoms with Crippen LogP contribution in [0.4, 0.5) is 13.2 Å². The Morgan fingerprint density at radius 3 is 2.24 bits per heavy atom. The molecule has 1 heterocycles. The molecule has 0 unspecified atom stereocenters. The van der Waals surface area contributed by atoms with Gasteiger partial charge in [-0.05, 0) is 18.2 Å². The maximum Gasteiger partial charge on any atom is 0.418 e. The average molecular weight is 291 g/mol. The van der Waals surface area contributed by atoms with Gasteiger partial charge in [-0.15, -0.1) is 0 Å². The minimum absolute atomic E-state index is 0.0502. The Morgan fingerprint density at radius 1 is 1.00 bits per heavy atom. The van der Waals surface area contributed by atoms with Gasteiger partial charge in [0.15, 0.2) is 0 Å². The molecule has 0 aliphatic heterocycles. The molecule has 0 saturated heterocycles. The number of para-hydroxylation sites is 2. The number of benzene rings is 2. The predicted octanol–water partition coefficient (Wildman–Crippen LogP) is 4.11. The van der Waals surface area contributed by atoms with E-state index < -0.39 is 17.7 Å². The lowest BCUT2D eigenvalue weighted by atomic mass is 10.0. The minimum atomic E-state index is -4.54. The first-order valence-corrected chi connectivity index (χ1v) is 6.01. The third-order valence-electron chi connectivity index (χ3n) is 3.20. The van der Waals surface area contributed by atoms with Crippen LogP contribution in [0.3, 0.4) is 0 Å². The van der Waals surface area contributed by atoms with Gasteiger partial charge in [0.1, 0.15) is 0 Å². The van der Waals surface area contributed by atoms with E-state index in [4.69, 9.17) is 5.11 Å². The molecule has 1 N–H and O–H groups in total. The lowest BCUT2D eigenvalue weighted by Gasteiger charge is -2.11. The second-order valence-electron chi connectivity index (χ2n) is 4.55. The van der Waals surface area contributed by atoms with Crippen LogP contribution in [0.5, 0.6) is 0 Å². The smallest absolute Gasteiger partial charge is 0.418 e. The number of rotatable bonds is 1. The van der Waals surface area contributed by atoms with Crippen LogP contribution in [0.15, 0.2) is 42.5 Å². The number of hydrogen-bond acceptors (Lipinski definition) is 2. The fraction of sp³-hybridized carbons (Fsp3) is 0.0667. The molecule has 0 aliphatic carbocycles. The van der Waals surface area contributed by atoms with Crippen molar-refractivity contribution in [1.82, 2.24) is 4.98 Å². The van der Waals surface area contributed by atoms with Gasteiger partial charge in [0.25, 0.3) is 0 Å². The van der Waals surface area contributed by atoms with Gasteiger partial charge >= 0.3 is 12.1 Å². The number of carbonyl (C=O) groups is 1. The summed E-state index contributed by atoms with van der Waals surface area (Å²) in [7, 11) is 0. The van der Waals surface area contributed by atoms with E-state index in [1.807, 2.05) is 0 Å². The van der Waals surface area contributed by atoms with Crippen molar-refractivity contribution in [3.63, 3.8) is 0 Å². The van der Waals surface area contributed by atoms with E-state index in [1.54, 1.807) is 6.07 Å². The molecule has 0 fully saturated rings. The van der Waals surface area contributed by atoms with E-state index >= 15 is 0 Å². The summed E-state index contributed by atoms with van der Waals surface area (Å²) < 4.78 is 39.1. The van der Waals surface area contributed by atoms with Gasteiger partial charge in [-0.25, -0.2) is 9.78 Å². The van der Waals surface area contributed by atoms with E-state index in [0.717, 1.165) is 6.07 Å². The fourth-order valence-corrected chi connectivity index (χ4v) is 2.29. The quantitative estimate of drug-likeness (QED) is 0.686. The van der Waals surface area contributed by atoms with Crippen LogP contribution in [0.2, 0.25) is 0 Å². The molecule has 0 aliphatic rings. The SMILES string of the molecule is O=C(O)c1cccc2cc3cccc(C(F)(F)F)c3nc12. The Labute approximate surface area is 116 Å². The van der Waals surface area contributed by atoms with Crippen molar-refractivity contribution in [3.05, 3.63) is 53.6 Å². The summed E-state index contributed by atoms with van der Waals surface area (Å²) in [5, 5.41) is 9.93. The molecule has 0 radical (unpaired) electrons. The molecule has 3 rings (SSSR count). The van der Waals surface area contributed by atoms with Gasteiger partial charge in [0.05, 0.1) is 22.2 Å². The summed E-state index contributed by atoms with van der Waals surface area (Å²) in [6.07, 6.45) is -4.54. The molecule has 0 saturated carbocycles. The molecule has 2 aromatic carbocycles. The van der Waals surface area contributed by atoms with Gasteiger partial charge in [-0.3, -0.25) is 0 Å². The maximum atomic E-state index is 13.0. The highest BCUT2D eigenvalue weighted by molar-refractivity contribution is 6.05. The van der Waals surface area contributed by atoms with Gasteiger partial charge in [0.2, 0.25) is 0 Å². The van der Waals surface area contributed by atoms with Crippen LogP contribution >= 0.6 is 0 Å². The highest BCUT2D eigenvalue weighted by Gasteiger charge is 2.33. The number of nitrogens with zero attached hydrogens (tertiary/aromatic N) is 1. The van der Waals surface area contributed by atoms with Gasteiger partial charge in [-0.2, -0.15) is 13.2 Å². The van der Waals surface area contributed by atoms with E-state index in [0.29, 0.717) is 10.8 Å². The van der Waals surface area contributed by atoms with Crippen LogP contribution in [-0.2, 0) is 6.18 Å². The van der Waals surface area contributed by atoms with Crippen molar-refractivity contribution in [2.24, 2.45) is 0 Å². The Kier molecular flexibility index (Phi) is 2.83. The van der Waals surface area contributed by atoms with Crippen molar-refractivity contribution in [3.8, 4) is 0 Å². The van der Waals surface area contributed by atoms with Crippen LogP contribution in [0.25, 0.3) is 21.8 Å². The summed E-state index contributed by atoms with van der Waals surface area (Å²) in [4.78, 5) is 15.1. The Balaban J connectivity index is 2.46. The highest BCUT2D eigenvalue weighted by atomic mass is 19.4. The topological polar surface area (TPSA) is 50.2 Å². The van der Waals surface area contributed by atoms with Gasteiger partial charge in [-0.1, -0.05) is 24.3 Å². The number of aromatic carboxylic acids is 1. The second-order valence-corrected chi connectivity index (χ2v) is 4.55. The van der Waals surface area contributed by atoms with E-state index in [-0.39, 0.29) is 16.6 Å². The zero-order chi connectivity index (χ0) is 15.2. The standard InChI is InChI=1S/C15H8F3NO2/c16-15(17,18)11-6-2-4-9-7-8-3-1-5-10(14(20)21)12(8)19-13(9)11/h1-7H,(H,20,21). The first kappa shape index (κ1) is 13.4. The van der Waals surface area contributed by atoms with Crippen molar-refractivity contribution in [1.29, 1.82) is 0 Å². The van der Waals surface area contributed by atoms with Gasteiger partial charge < -0.3 is 5.11 Å². The summed E-state index contributed by atoms with van der Waals surface area (Å²) in [5.41, 5.74) is -1.19. The predicted molar refractivity (Wildman–Crippen MR) is 71.2 cm³/mol. The lowest BCUT2D eigenvalue weighted by Crippen LogP contribution is -2.07. The molecule has 1 aromatic heterocycles. The highest BCUT2D eigenvalue weighted by Crippen LogP contribution is 2.35. The molecule has 21 heavy (non-hydrogen) atoms. The number of carboxylic acids is 1. The number of hydrogen-bond donors (Lipinski definition) is 1. The molecule has 0 amide bonds. The number of halogens is 3. The number of pyridine rings is 1. The number of aromatic nitrogens is 1. The normalized spacial score (nSPS) is 12.0. The van der Waals surface area contributed by atoms with Crippen molar-refractivity contribution < 1.29 is 23.1 Å². The molecule has 6 heteroatoms. The molecule has 0 atom stereocenters. The number of alkyl halides is 3. The van der Waals surface area contributed by atoms with E-state index in [1.165, 1.54) is 30.3 Å². The lowest BCUT2D eigenvalue weighted by molar-refractivity contribution is -0.136. The third-order valence-corrected chi connectivity index (χ3v) is 3.20. The average Bonchev–Trinajstić information content (AvgIpc) is 2.42. The molecule has 106 valence electrons. The van der Waals surface area contributed by atoms with Crippen LogP contribution < -0.4 is 0 Å². The first-order chi connectivity index (χ1) is 9.88. The summed E-state index contributed by atoms with van der Waals surface area (Å²) in [5.74, 6) is -1.23. The van der Waals surface area contributed by atoms with E-state index in [2.05, 4.69) is 4.98 Å². The number of fused-ring (bicyclic) bond motifs is 2. The first-order valence-electron chi connectivity index (χ1n) is 6.01. The molecule has 3 aromatic rings. The summed E-state index contributed by atoms with van der Waals surface area (Å²) in [6.45, 7) is 0. The monoisotopic (exact) mass is 291 g/mol. The summed E-state index contributed by atoms with van der Waals surface area (Å²) in [6, 6.07) is 9.75. The zero-order valence-corrected chi connectivity index (χ0v) is 10.5. The largest absolute Gasteiger partial charge is 0.478 e. The minimum Gasteiger partial charge on any atom is -0.478 e. The number of carboxylic acid groups (broad SMARTS) is 1. The Hall–Kier alpha value is -2.63. The second kappa shape index (κ2) is 4.44. The van der Waals surface area contributed by atoms with Crippen LogP contribution in [0, 0.1) is 0 Å². The fourth-order valence-electron chi connectivity index (χ4n) is 2.29. The van der Waals surface area contributed by atoms with Crippen LogP contribution in [-0.4, -0.2) is 16.1 Å². The third kappa shape index (κ3) is 2.18. The molecular weight excluding hydrogens is 283 g/mol. The molecule has 0 spiro atoms. The van der Waals surface area contributed by atoms with Crippen LogP contribution in [0.1, 0.15) is 15.9 Å².